The maximum Gasteiger partial charge on any atom is 0.0492 e. The molecular formula is C13H15BrClN3. The Bertz CT molecular complexity index is 519. The van der Waals surface area contributed by atoms with Crippen molar-refractivity contribution in [3.63, 3.8) is 0 Å². The maximum absolute atomic E-state index is 6.19. The Balaban J connectivity index is 2.03. The number of benzene rings is 1. The van der Waals surface area contributed by atoms with Gasteiger partial charge in [0.1, 0.15) is 0 Å². The second-order valence-corrected chi connectivity index (χ2v) is 5.65. The molecule has 1 heterocycles. The van der Waals surface area contributed by atoms with E-state index in [-0.39, 0.29) is 6.04 Å². The minimum atomic E-state index is -0.0186. The second kappa shape index (κ2) is 5.87. The molecule has 0 aliphatic heterocycles. The molecule has 0 saturated heterocycles. The maximum atomic E-state index is 6.19. The first-order valence-corrected chi connectivity index (χ1v) is 6.92. The van der Waals surface area contributed by atoms with Gasteiger partial charge in [-0.3, -0.25) is 4.68 Å². The molecule has 5 heteroatoms. The lowest BCUT2D eigenvalue weighted by Crippen LogP contribution is -2.12. The summed E-state index contributed by atoms with van der Waals surface area (Å²) in [7, 11) is 1.94. The van der Waals surface area contributed by atoms with Crippen LogP contribution < -0.4 is 5.73 Å². The van der Waals surface area contributed by atoms with Crippen molar-refractivity contribution in [3.05, 3.63) is 51.2 Å². The van der Waals surface area contributed by atoms with E-state index < -0.39 is 0 Å². The van der Waals surface area contributed by atoms with Crippen molar-refractivity contribution in [2.45, 2.75) is 18.9 Å². The summed E-state index contributed by atoms with van der Waals surface area (Å²) in [6.07, 6.45) is 3.57. The highest BCUT2D eigenvalue weighted by molar-refractivity contribution is 9.10. The van der Waals surface area contributed by atoms with E-state index >= 15 is 0 Å². The molecule has 1 aromatic carbocycles. The minimum Gasteiger partial charge on any atom is -0.324 e. The summed E-state index contributed by atoms with van der Waals surface area (Å²) >= 11 is 9.45. The molecule has 0 aliphatic carbocycles. The first kappa shape index (κ1) is 13.6. The topological polar surface area (TPSA) is 43.8 Å². The van der Waals surface area contributed by atoms with Gasteiger partial charge < -0.3 is 5.73 Å². The Kier molecular flexibility index (Phi) is 4.43. The molecule has 0 bridgehead atoms. The normalized spacial score (nSPS) is 12.7. The molecule has 96 valence electrons. The van der Waals surface area contributed by atoms with E-state index in [0.717, 1.165) is 22.9 Å². The van der Waals surface area contributed by atoms with Gasteiger partial charge in [0, 0.05) is 34.5 Å². The zero-order chi connectivity index (χ0) is 13.1. The molecule has 3 nitrogen and oxygen atoms in total. The molecule has 1 atom stereocenters. The number of rotatable bonds is 4. The molecule has 2 rings (SSSR count). The van der Waals surface area contributed by atoms with Crippen molar-refractivity contribution in [1.29, 1.82) is 0 Å². The third kappa shape index (κ3) is 3.34. The van der Waals surface area contributed by atoms with Gasteiger partial charge >= 0.3 is 0 Å². The van der Waals surface area contributed by atoms with Crippen LogP contribution in [0.5, 0.6) is 0 Å². The van der Waals surface area contributed by atoms with E-state index in [4.69, 9.17) is 17.3 Å². The summed E-state index contributed by atoms with van der Waals surface area (Å²) in [6, 6.07) is 7.79. The predicted octanol–water partition coefficient (Wildman–Crippen LogP) is 3.47. The van der Waals surface area contributed by atoms with Crippen LogP contribution in [0.25, 0.3) is 0 Å². The molecule has 0 spiro atoms. The van der Waals surface area contributed by atoms with E-state index in [2.05, 4.69) is 21.0 Å². The van der Waals surface area contributed by atoms with E-state index in [0.29, 0.717) is 5.02 Å². The van der Waals surface area contributed by atoms with Gasteiger partial charge in [-0.1, -0.05) is 27.5 Å². The van der Waals surface area contributed by atoms with Crippen LogP contribution in [0, 0.1) is 0 Å². The Morgan fingerprint density at radius 3 is 2.83 bits per heavy atom. The molecule has 0 radical (unpaired) electrons. The molecule has 18 heavy (non-hydrogen) atoms. The van der Waals surface area contributed by atoms with Gasteiger partial charge in [-0.05, 0) is 42.7 Å². The summed E-state index contributed by atoms with van der Waals surface area (Å²) in [4.78, 5) is 0. The van der Waals surface area contributed by atoms with Crippen LogP contribution >= 0.6 is 27.5 Å². The standard InChI is InChI=1S/C13H15BrClN3/c1-18-12(4-5-17-18)2-3-13(16)9-6-10(14)8-11(15)7-9/h4-8,13H,2-3,16H2,1H3. The molecule has 0 aliphatic rings. The summed E-state index contributed by atoms with van der Waals surface area (Å²) in [6.45, 7) is 0. The lowest BCUT2D eigenvalue weighted by atomic mass is 10.0. The first-order chi connectivity index (χ1) is 8.56. The van der Waals surface area contributed by atoms with E-state index in [1.165, 1.54) is 5.69 Å². The zero-order valence-electron chi connectivity index (χ0n) is 10.1. The van der Waals surface area contributed by atoms with Crippen molar-refractivity contribution >= 4 is 27.5 Å². The summed E-state index contributed by atoms with van der Waals surface area (Å²) < 4.78 is 2.83. The lowest BCUT2D eigenvalue weighted by molar-refractivity contribution is 0.614. The van der Waals surface area contributed by atoms with Gasteiger partial charge in [-0.15, -0.1) is 0 Å². The first-order valence-electron chi connectivity index (χ1n) is 5.74. The fraction of sp³-hybridized carbons (Fsp3) is 0.308. The smallest absolute Gasteiger partial charge is 0.0492 e. The molecule has 0 amide bonds. The van der Waals surface area contributed by atoms with Gasteiger partial charge in [-0.25, -0.2) is 0 Å². The van der Waals surface area contributed by atoms with Crippen LogP contribution in [0.2, 0.25) is 5.02 Å². The SMILES string of the molecule is Cn1nccc1CCC(N)c1cc(Cl)cc(Br)c1. The molecule has 0 fully saturated rings. The van der Waals surface area contributed by atoms with E-state index in [1.807, 2.05) is 36.0 Å². The third-order valence-electron chi connectivity index (χ3n) is 2.95. The highest BCUT2D eigenvalue weighted by atomic mass is 79.9. The highest BCUT2D eigenvalue weighted by Crippen LogP contribution is 2.25. The monoisotopic (exact) mass is 327 g/mol. The quantitative estimate of drug-likeness (QED) is 0.934. The number of nitrogens with zero attached hydrogens (tertiary/aromatic N) is 2. The van der Waals surface area contributed by atoms with Crippen LogP contribution in [-0.4, -0.2) is 9.78 Å². The Morgan fingerprint density at radius 2 is 2.22 bits per heavy atom. The molecule has 1 aromatic heterocycles. The van der Waals surface area contributed by atoms with Crippen molar-refractivity contribution in [1.82, 2.24) is 9.78 Å². The number of hydrogen-bond donors (Lipinski definition) is 1. The number of aromatic nitrogens is 2. The average Bonchev–Trinajstić information content (AvgIpc) is 2.70. The van der Waals surface area contributed by atoms with Crippen LogP contribution in [0.4, 0.5) is 0 Å². The van der Waals surface area contributed by atoms with Crippen molar-refractivity contribution in [3.8, 4) is 0 Å². The molecule has 2 N–H and O–H groups in total. The largest absolute Gasteiger partial charge is 0.324 e. The molecule has 0 saturated carbocycles. The number of hydrogen-bond acceptors (Lipinski definition) is 2. The van der Waals surface area contributed by atoms with E-state index in [9.17, 15) is 0 Å². The fourth-order valence-corrected chi connectivity index (χ4v) is 2.79. The number of aryl methyl sites for hydroxylation is 2. The Morgan fingerprint density at radius 1 is 1.44 bits per heavy atom. The Labute approximate surface area is 120 Å². The van der Waals surface area contributed by atoms with Crippen molar-refractivity contribution < 1.29 is 0 Å². The average molecular weight is 329 g/mol. The second-order valence-electron chi connectivity index (χ2n) is 4.29. The van der Waals surface area contributed by atoms with Gasteiger partial charge in [0.15, 0.2) is 0 Å². The van der Waals surface area contributed by atoms with Crippen molar-refractivity contribution in [2.24, 2.45) is 12.8 Å². The van der Waals surface area contributed by atoms with Crippen LogP contribution in [0.3, 0.4) is 0 Å². The van der Waals surface area contributed by atoms with Gasteiger partial charge in [-0.2, -0.15) is 5.10 Å². The predicted molar refractivity (Wildman–Crippen MR) is 77.6 cm³/mol. The number of halogens is 2. The number of nitrogens with two attached hydrogens (primary N) is 1. The molecule has 1 unspecified atom stereocenters. The lowest BCUT2D eigenvalue weighted by Gasteiger charge is -2.13. The van der Waals surface area contributed by atoms with Crippen LogP contribution in [0.1, 0.15) is 23.7 Å². The summed E-state index contributed by atoms with van der Waals surface area (Å²) in [5, 5.41) is 4.85. The fourth-order valence-electron chi connectivity index (χ4n) is 1.91. The zero-order valence-corrected chi connectivity index (χ0v) is 12.4. The molecular weight excluding hydrogens is 314 g/mol. The van der Waals surface area contributed by atoms with Gasteiger partial charge in [0.05, 0.1) is 0 Å². The Hall–Kier alpha value is -0.840. The van der Waals surface area contributed by atoms with Crippen LogP contribution in [0.15, 0.2) is 34.9 Å². The third-order valence-corrected chi connectivity index (χ3v) is 3.62. The van der Waals surface area contributed by atoms with Crippen molar-refractivity contribution in [2.75, 3.05) is 0 Å². The van der Waals surface area contributed by atoms with Gasteiger partial charge in [0.2, 0.25) is 0 Å². The highest BCUT2D eigenvalue weighted by Gasteiger charge is 2.09. The van der Waals surface area contributed by atoms with Gasteiger partial charge in [0.25, 0.3) is 0 Å². The van der Waals surface area contributed by atoms with E-state index in [1.54, 1.807) is 6.20 Å². The molecule has 2 aromatic rings. The van der Waals surface area contributed by atoms with Crippen LogP contribution in [-0.2, 0) is 13.5 Å². The summed E-state index contributed by atoms with van der Waals surface area (Å²) in [5.41, 5.74) is 8.43. The summed E-state index contributed by atoms with van der Waals surface area (Å²) in [5.74, 6) is 0. The minimum absolute atomic E-state index is 0.0186.